The number of hydrogen-bond donors (Lipinski definition) is 1. The predicted octanol–water partition coefficient (Wildman–Crippen LogP) is 3.67. The van der Waals surface area contributed by atoms with Gasteiger partial charge in [0.1, 0.15) is 5.75 Å². The molecule has 0 saturated heterocycles. The highest BCUT2D eigenvalue weighted by Crippen LogP contribution is 2.42. The molecular formula is C17H19NOS. The highest BCUT2D eigenvalue weighted by Gasteiger charge is 2.32. The molecule has 2 nitrogen and oxygen atoms in total. The van der Waals surface area contributed by atoms with Gasteiger partial charge in [-0.15, -0.1) is 11.8 Å². The average Bonchev–Trinajstić information content (AvgIpc) is 2.84. The van der Waals surface area contributed by atoms with Crippen LogP contribution in [0.15, 0.2) is 53.4 Å². The van der Waals surface area contributed by atoms with Crippen LogP contribution in [0.5, 0.6) is 5.75 Å². The van der Waals surface area contributed by atoms with E-state index in [0.29, 0.717) is 11.3 Å². The molecule has 0 saturated carbocycles. The predicted molar refractivity (Wildman–Crippen MR) is 84.6 cm³/mol. The van der Waals surface area contributed by atoms with Crippen LogP contribution in [-0.4, -0.2) is 19.4 Å². The van der Waals surface area contributed by atoms with Crippen LogP contribution in [0, 0.1) is 0 Å². The molecule has 0 amide bonds. The molecule has 2 unspecified atom stereocenters. The third-order valence-corrected chi connectivity index (χ3v) is 5.11. The largest absolute Gasteiger partial charge is 0.497 e. The molecule has 1 N–H and O–H groups in total. The zero-order chi connectivity index (χ0) is 13.9. The van der Waals surface area contributed by atoms with E-state index in [0.717, 1.165) is 12.2 Å². The quantitative estimate of drug-likeness (QED) is 0.926. The fourth-order valence-electron chi connectivity index (χ4n) is 2.84. The van der Waals surface area contributed by atoms with Gasteiger partial charge in [0.05, 0.1) is 7.11 Å². The molecule has 0 aromatic heterocycles. The zero-order valence-corrected chi connectivity index (χ0v) is 12.6. The van der Waals surface area contributed by atoms with Gasteiger partial charge in [0.2, 0.25) is 0 Å². The second-order valence-corrected chi connectivity index (χ2v) is 6.32. The number of methoxy groups -OCH3 is 1. The van der Waals surface area contributed by atoms with Crippen molar-refractivity contribution in [1.82, 2.24) is 5.32 Å². The molecule has 20 heavy (non-hydrogen) atoms. The molecule has 1 aliphatic carbocycles. The Bertz CT molecular complexity index is 585. The van der Waals surface area contributed by atoms with E-state index >= 15 is 0 Å². The summed E-state index contributed by atoms with van der Waals surface area (Å²) in [7, 11) is 3.76. The van der Waals surface area contributed by atoms with Crippen molar-refractivity contribution in [1.29, 1.82) is 0 Å². The minimum atomic E-state index is 0.380. The Morgan fingerprint density at radius 2 is 1.95 bits per heavy atom. The number of fused-ring (bicyclic) bond motifs is 1. The maximum absolute atomic E-state index is 5.35. The molecular weight excluding hydrogens is 266 g/mol. The van der Waals surface area contributed by atoms with Gasteiger partial charge in [0.25, 0.3) is 0 Å². The normalized spacial score (nSPS) is 20.7. The molecule has 0 bridgehead atoms. The van der Waals surface area contributed by atoms with E-state index in [9.17, 15) is 0 Å². The lowest BCUT2D eigenvalue weighted by Gasteiger charge is -2.19. The first-order chi connectivity index (χ1) is 9.81. The zero-order valence-electron chi connectivity index (χ0n) is 11.8. The molecule has 104 valence electrons. The molecule has 2 aromatic rings. The van der Waals surface area contributed by atoms with E-state index in [1.54, 1.807) is 7.11 Å². The van der Waals surface area contributed by atoms with E-state index in [1.165, 1.54) is 16.0 Å². The molecule has 3 heteroatoms. The Morgan fingerprint density at radius 1 is 1.15 bits per heavy atom. The minimum absolute atomic E-state index is 0.380. The Kier molecular flexibility index (Phi) is 3.99. The van der Waals surface area contributed by atoms with Gasteiger partial charge in [0.15, 0.2) is 0 Å². The van der Waals surface area contributed by atoms with E-state index in [-0.39, 0.29) is 0 Å². The van der Waals surface area contributed by atoms with Crippen molar-refractivity contribution < 1.29 is 4.74 Å². The molecule has 0 aliphatic heterocycles. The average molecular weight is 285 g/mol. The topological polar surface area (TPSA) is 21.3 Å². The Balaban J connectivity index is 1.85. The molecule has 2 atom stereocenters. The number of nitrogens with one attached hydrogen (secondary N) is 1. The summed E-state index contributed by atoms with van der Waals surface area (Å²) in [5, 5.41) is 4.00. The van der Waals surface area contributed by atoms with E-state index in [1.807, 2.05) is 18.8 Å². The van der Waals surface area contributed by atoms with Crippen molar-refractivity contribution in [2.75, 3.05) is 14.2 Å². The van der Waals surface area contributed by atoms with Gasteiger partial charge in [0, 0.05) is 16.2 Å². The van der Waals surface area contributed by atoms with Crippen LogP contribution >= 0.6 is 11.8 Å². The van der Waals surface area contributed by atoms with Gasteiger partial charge in [-0.1, -0.05) is 24.3 Å². The van der Waals surface area contributed by atoms with Crippen molar-refractivity contribution in [3.63, 3.8) is 0 Å². The lowest BCUT2D eigenvalue weighted by molar-refractivity contribution is 0.413. The number of rotatable bonds is 4. The molecule has 3 rings (SSSR count). The van der Waals surface area contributed by atoms with Crippen molar-refractivity contribution in [2.45, 2.75) is 22.6 Å². The molecule has 0 fully saturated rings. The van der Waals surface area contributed by atoms with Crippen molar-refractivity contribution >= 4 is 11.8 Å². The number of hydrogen-bond acceptors (Lipinski definition) is 3. The van der Waals surface area contributed by atoms with Crippen LogP contribution in [0.25, 0.3) is 0 Å². The fourth-order valence-corrected chi connectivity index (χ4v) is 4.18. The van der Waals surface area contributed by atoms with Crippen molar-refractivity contribution in [3.8, 4) is 5.75 Å². The second kappa shape index (κ2) is 5.90. The monoisotopic (exact) mass is 285 g/mol. The molecule has 1 aliphatic rings. The third-order valence-electron chi connectivity index (χ3n) is 3.82. The first kappa shape index (κ1) is 13.5. The summed E-state index contributed by atoms with van der Waals surface area (Å²) in [4.78, 5) is 1.33. The van der Waals surface area contributed by atoms with Gasteiger partial charge in [-0.3, -0.25) is 0 Å². The lowest BCUT2D eigenvalue weighted by Crippen LogP contribution is -2.23. The van der Waals surface area contributed by atoms with E-state index < -0.39 is 0 Å². The standard InChI is InChI=1S/C17H19NOS/c1-18-17-15-11-13(19-2)9-8-12(15)10-16(17)20-14-6-4-3-5-7-14/h3-9,11,16-18H,10H2,1-2H3. The summed E-state index contributed by atoms with van der Waals surface area (Å²) in [5.74, 6) is 0.939. The Hall–Kier alpha value is -1.45. The smallest absolute Gasteiger partial charge is 0.119 e. The highest BCUT2D eigenvalue weighted by molar-refractivity contribution is 8.00. The van der Waals surface area contributed by atoms with Gasteiger partial charge in [-0.05, 0) is 48.9 Å². The van der Waals surface area contributed by atoms with Gasteiger partial charge >= 0.3 is 0 Å². The lowest BCUT2D eigenvalue weighted by atomic mass is 10.1. The summed E-state index contributed by atoms with van der Waals surface area (Å²) >= 11 is 1.95. The maximum Gasteiger partial charge on any atom is 0.119 e. The fraction of sp³-hybridized carbons (Fsp3) is 0.294. The third kappa shape index (κ3) is 2.56. The van der Waals surface area contributed by atoms with Crippen LogP contribution in [0.2, 0.25) is 0 Å². The number of benzene rings is 2. The summed E-state index contributed by atoms with van der Waals surface area (Å²) in [6.45, 7) is 0. The van der Waals surface area contributed by atoms with Gasteiger partial charge < -0.3 is 10.1 Å². The first-order valence-electron chi connectivity index (χ1n) is 6.87. The maximum atomic E-state index is 5.35. The number of ether oxygens (including phenoxy) is 1. The van der Waals surface area contributed by atoms with Gasteiger partial charge in [-0.2, -0.15) is 0 Å². The summed E-state index contributed by atoms with van der Waals surface area (Å²) in [6.07, 6.45) is 1.10. The minimum Gasteiger partial charge on any atom is -0.497 e. The van der Waals surface area contributed by atoms with E-state index in [4.69, 9.17) is 4.74 Å². The Morgan fingerprint density at radius 3 is 2.65 bits per heavy atom. The first-order valence-corrected chi connectivity index (χ1v) is 7.75. The highest BCUT2D eigenvalue weighted by atomic mass is 32.2. The SMILES string of the molecule is CNC1c2cc(OC)ccc2CC1Sc1ccccc1. The summed E-state index contributed by atoms with van der Waals surface area (Å²) in [6, 6.07) is 17.4. The summed E-state index contributed by atoms with van der Waals surface area (Å²) in [5.41, 5.74) is 2.80. The van der Waals surface area contributed by atoms with Crippen molar-refractivity contribution in [3.05, 3.63) is 59.7 Å². The number of thioether (sulfide) groups is 1. The Labute approximate surface area is 124 Å². The molecule has 2 aromatic carbocycles. The second-order valence-electron chi connectivity index (χ2n) is 5.00. The van der Waals surface area contributed by atoms with E-state index in [2.05, 4.69) is 53.8 Å². The van der Waals surface area contributed by atoms with Crippen LogP contribution in [0.4, 0.5) is 0 Å². The van der Waals surface area contributed by atoms with Crippen LogP contribution < -0.4 is 10.1 Å². The molecule has 0 spiro atoms. The molecule has 0 radical (unpaired) electrons. The molecule has 0 heterocycles. The summed E-state index contributed by atoms with van der Waals surface area (Å²) < 4.78 is 5.35. The van der Waals surface area contributed by atoms with Gasteiger partial charge in [-0.25, -0.2) is 0 Å². The van der Waals surface area contributed by atoms with Crippen LogP contribution in [0.1, 0.15) is 17.2 Å². The van der Waals surface area contributed by atoms with Crippen molar-refractivity contribution in [2.24, 2.45) is 0 Å². The van der Waals surface area contributed by atoms with Crippen LogP contribution in [0.3, 0.4) is 0 Å². The van der Waals surface area contributed by atoms with Crippen LogP contribution in [-0.2, 0) is 6.42 Å².